The summed E-state index contributed by atoms with van der Waals surface area (Å²) in [7, 11) is 5.12. The Morgan fingerprint density at radius 2 is 1.55 bits per heavy atom. The minimum atomic E-state index is 0.719. The van der Waals surface area contributed by atoms with Crippen LogP contribution in [-0.4, -0.2) is 31.2 Å². The number of anilines is 1. The Labute approximate surface area is 119 Å². The van der Waals surface area contributed by atoms with Crippen LogP contribution in [0.15, 0.2) is 18.2 Å². The maximum Gasteiger partial charge on any atom is 0.132 e. The van der Waals surface area contributed by atoms with E-state index >= 15 is 0 Å². The van der Waals surface area contributed by atoms with Crippen molar-refractivity contribution in [3.05, 3.63) is 29.6 Å². The van der Waals surface area contributed by atoms with Crippen LogP contribution in [0.25, 0.3) is 11.3 Å². The predicted molar refractivity (Wildman–Crippen MR) is 79.6 cm³/mol. The van der Waals surface area contributed by atoms with E-state index in [1.165, 1.54) is 0 Å². The number of rotatable bonds is 4. The summed E-state index contributed by atoms with van der Waals surface area (Å²) >= 11 is 0. The zero-order valence-corrected chi connectivity index (χ0v) is 12.4. The van der Waals surface area contributed by atoms with Gasteiger partial charge < -0.3 is 14.8 Å². The third kappa shape index (κ3) is 2.66. The van der Waals surface area contributed by atoms with Crippen molar-refractivity contribution in [2.24, 2.45) is 0 Å². The van der Waals surface area contributed by atoms with Crippen molar-refractivity contribution < 1.29 is 9.47 Å². The van der Waals surface area contributed by atoms with Crippen LogP contribution in [0.3, 0.4) is 0 Å². The summed E-state index contributed by atoms with van der Waals surface area (Å²) < 4.78 is 10.6. The first-order chi connectivity index (χ1) is 9.58. The first kappa shape index (κ1) is 14.1. The second kappa shape index (κ2) is 5.77. The Kier molecular flexibility index (Phi) is 4.08. The van der Waals surface area contributed by atoms with Crippen molar-refractivity contribution in [2.75, 3.05) is 26.6 Å². The second-order valence-corrected chi connectivity index (χ2v) is 4.44. The minimum Gasteiger partial charge on any atom is -0.497 e. The molecule has 0 spiro atoms. The van der Waals surface area contributed by atoms with Crippen LogP contribution >= 0.6 is 0 Å². The molecule has 0 unspecified atom stereocenters. The monoisotopic (exact) mass is 273 g/mol. The van der Waals surface area contributed by atoms with E-state index in [9.17, 15) is 0 Å². The van der Waals surface area contributed by atoms with Gasteiger partial charge in [-0.2, -0.15) is 0 Å². The largest absolute Gasteiger partial charge is 0.497 e. The zero-order chi connectivity index (χ0) is 14.7. The topological polar surface area (TPSA) is 56.3 Å². The van der Waals surface area contributed by atoms with Gasteiger partial charge >= 0.3 is 0 Å². The number of methoxy groups -OCH3 is 2. The molecule has 2 aromatic rings. The van der Waals surface area contributed by atoms with Crippen LogP contribution in [-0.2, 0) is 0 Å². The van der Waals surface area contributed by atoms with Gasteiger partial charge in [0.1, 0.15) is 23.1 Å². The molecule has 0 atom stereocenters. The van der Waals surface area contributed by atoms with Gasteiger partial charge in [0.2, 0.25) is 0 Å². The molecule has 5 nitrogen and oxygen atoms in total. The van der Waals surface area contributed by atoms with Gasteiger partial charge in [-0.15, -0.1) is 0 Å². The Hall–Kier alpha value is -2.30. The Balaban J connectivity index is 2.64. The number of nitrogens with one attached hydrogen (secondary N) is 1. The number of benzene rings is 1. The highest BCUT2D eigenvalue weighted by molar-refractivity contribution is 5.70. The molecule has 5 heteroatoms. The van der Waals surface area contributed by atoms with Gasteiger partial charge in [-0.05, 0) is 26.0 Å². The van der Waals surface area contributed by atoms with E-state index < -0.39 is 0 Å². The molecule has 0 saturated heterocycles. The highest BCUT2D eigenvalue weighted by Gasteiger charge is 2.12. The lowest BCUT2D eigenvalue weighted by molar-refractivity contribution is 0.394. The number of hydrogen-bond donors (Lipinski definition) is 1. The molecule has 1 aromatic carbocycles. The van der Waals surface area contributed by atoms with E-state index in [1.54, 1.807) is 14.2 Å². The van der Waals surface area contributed by atoms with Crippen LogP contribution in [0.5, 0.6) is 11.5 Å². The summed E-state index contributed by atoms with van der Waals surface area (Å²) in [5.41, 5.74) is 2.81. The van der Waals surface area contributed by atoms with Gasteiger partial charge in [-0.25, -0.2) is 9.97 Å². The summed E-state index contributed by atoms with van der Waals surface area (Å²) in [6.45, 7) is 3.87. The van der Waals surface area contributed by atoms with E-state index in [0.29, 0.717) is 0 Å². The minimum absolute atomic E-state index is 0.719. The zero-order valence-electron chi connectivity index (χ0n) is 12.4. The lowest BCUT2D eigenvalue weighted by Crippen LogP contribution is -2.03. The molecular formula is C15H19N3O2. The quantitative estimate of drug-likeness (QED) is 0.928. The van der Waals surface area contributed by atoms with Crippen LogP contribution in [0.1, 0.15) is 11.4 Å². The second-order valence-electron chi connectivity index (χ2n) is 4.44. The van der Waals surface area contributed by atoms with Gasteiger partial charge in [-0.3, -0.25) is 0 Å². The van der Waals surface area contributed by atoms with Gasteiger partial charge in [0, 0.05) is 24.2 Å². The fraction of sp³-hybridized carbons (Fsp3) is 0.333. The molecule has 0 radical (unpaired) electrons. The molecule has 1 heterocycles. The molecule has 0 bridgehead atoms. The molecule has 1 aromatic heterocycles. The fourth-order valence-corrected chi connectivity index (χ4v) is 2.10. The van der Waals surface area contributed by atoms with Crippen molar-refractivity contribution in [2.45, 2.75) is 13.8 Å². The highest BCUT2D eigenvalue weighted by Crippen LogP contribution is 2.32. The average Bonchev–Trinajstić information content (AvgIpc) is 2.48. The van der Waals surface area contributed by atoms with Crippen molar-refractivity contribution in [3.63, 3.8) is 0 Å². The number of aryl methyl sites for hydroxylation is 1. The molecule has 0 aliphatic heterocycles. The molecule has 2 rings (SSSR count). The van der Waals surface area contributed by atoms with Crippen LogP contribution < -0.4 is 14.8 Å². The average molecular weight is 273 g/mol. The lowest BCUT2D eigenvalue weighted by Gasteiger charge is -2.13. The van der Waals surface area contributed by atoms with Crippen LogP contribution in [0, 0.1) is 13.8 Å². The number of hydrogen-bond acceptors (Lipinski definition) is 5. The Bertz CT molecular complexity index is 605. The van der Waals surface area contributed by atoms with E-state index in [-0.39, 0.29) is 0 Å². The summed E-state index contributed by atoms with van der Waals surface area (Å²) in [5, 5.41) is 3.09. The SMILES string of the molecule is CNc1nc(C)nc(-c2cc(OC)cc(OC)c2)c1C. The first-order valence-electron chi connectivity index (χ1n) is 6.35. The van der Waals surface area contributed by atoms with Gasteiger partial charge in [0.25, 0.3) is 0 Å². The van der Waals surface area contributed by atoms with E-state index in [0.717, 1.165) is 40.0 Å². The number of ether oxygens (including phenoxy) is 2. The normalized spacial score (nSPS) is 10.2. The van der Waals surface area contributed by atoms with Gasteiger partial charge in [0.15, 0.2) is 0 Å². The summed E-state index contributed by atoms with van der Waals surface area (Å²) in [5.74, 6) is 3.02. The molecular weight excluding hydrogens is 254 g/mol. The Morgan fingerprint density at radius 1 is 0.950 bits per heavy atom. The number of aromatic nitrogens is 2. The van der Waals surface area contributed by atoms with E-state index in [4.69, 9.17) is 9.47 Å². The van der Waals surface area contributed by atoms with Crippen molar-refractivity contribution in [3.8, 4) is 22.8 Å². The third-order valence-corrected chi connectivity index (χ3v) is 3.12. The molecule has 0 fully saturated rings. The van der Waals surface area contributed by atoms with Crippen LogP contribution in [0.4, 0.5) is 5.82 Å². The molecule has 0 aliphatic carbocycles. The molecule has 0 saturated carbocycles. The van der Waals surface area contributed by atoms with Crippen molar-refractivity contribution >= 4 is 5.82 Å². The van der Waals surface area contributed by atoms with E-state index in [2.05, 4.69) is 15.3 Å². The fourth-order valence-electron chi connectivity index (χ4n) is 2.10. The molecule has 106 valence electrons. The predicted octanol–water partition coefficient (Wildman–Crippen LogP) is 2.82. The maximum atomic E-state index is 5.31. The van der Waals surface area contributed by atoms with Crippen LogP contribution in [0.2, 0.25) is 0 Å². The maximum absolute atomic E-state index is 5.31. The third-order valence-electron chi connectivity index (χ3n) is 3.12. The van der Waals surface area contributed by atoms with E-state index in [1.807, 2.05) is 39.1 Å². The van der Waals surface area contributed by atoms with Crippen molar-refractivity contribution in [1.29, 1.82) is 0 Å². The smallest absolute Gasteiger partial charge is 0.132 e. The molecule has 0 amide bonds. The molecule has 20 heavy (non-hydrogen) atoms. The lowest BCUT2D eigenvalue weighted by atomic mass is 10.1. The number of nitrogens with zero attached hydrogens (tertiary/aromatic N) is 2. The summed E-state index contributed by atoms with van der Waals surface area (Å²) in [6.07, 6.45) is 0. The summed E-state index contributed by atoms with van der Waals surface area (Å²) in [4.78, 5) is 8.92. The van der Waals surface area contributed by atoms with Gasteiger partial charge in [-0.1, -0.05) is 0 Å². The Morgan fingerprint density at radius 3 is 2.05 bits per heavy atom. The van der Waals surface area contributed by atoms with Gasteiger partial charge in [0.05, 0.1) is 19.9 Å². The standard InChI is InChI=1S/C15H19N3O2/c1-9-14(17-10(2)18-15(9)16-3)11-6-12(19-4)8-13(7-11)20-5/h6-8H,1-5H3,(H,16,17,18). The van der Waals surface area contributed by atoms with Crippen molar-refractivity contribution in [1.82, 2.24) is 9.97 Å². The highest BCUT2D eigenvalue weighted by atomic mass is 16.5. The first-order valence-corrected chi connectivity index (χ1v) is 6.35. The molecule has 1 N–H and O–H groups in total. The molecule has 0 aliphatic rings. The summed E-state index contributed by atoms with van der Waals surface area (Å²) in [6, 6.07) is 5.72.